The monoisotopic (exact) mass is 337 g/mol. The minimum atomic E-state index is -4.14. The molecule has 0 spiro atoms. The summed E-state index contributed by atoms with van der Waals surface area (Å²) < 4.78 is 49.1. The van der Waals surface area contributed by atoms with Crippen molar-refractivity contribution in [3.63, 3.8) is 0 Å². The van der Waals surface area contributed by atoms with Crippen molar-refractivity contribution < 1.29 is 27.1 Å². The van der Waals surface area contributed by atoms with E-state index in [4.69, 9.17) is 16.3 Å². The van der Waals surface area contributed by atoms with Gasteiger partial charge >= 0.3 is 5.97 Å². The number of ether oxygens (including phenoxy) is 2. The molecule has 0 radical (unpaired) electrons. The second-order valence-corrected chi connectivity index (χ2v) is 6.57. The third-order valence-corrected chi connectivity index (χ3v) is 5.42. The highest BCUT2D eigenvalue weighted by Gasteiger charge is 2.40. The molecule has 2 rings (SSSR count). The Labute approximate surface area is 126 Å². The number of morpholine rings is 1. The molecule has 0 amide bonds. The second kappa shape index (κ2) is 6.27. The molecular weight excluding hydrogens is 325 g/mol. The molecule has 1 aliphatic rings. The molecule has 0 bridgehead atoms. The third kappa shape index (κ3) is 3.18. The molecule has 1 saturated heterocycles. The molecule has 9 heteroatoms. The summed E-state index contributed by atoms with van der Waals surface area (Å²) in [6.45, 7) is -0.0482. The van der Waals surface area contributed by atoms with Gasteiger partial charge in [-0.25, -0.2) is 12.8 Å². The van der Waals surface area contributed by atoms with Gasteiger partial charge in [0.15, 0.2) is 0 Å². The van der Waals surface area contributed by atoms with Crippen LogP contribution in [0.3, 0.4) is 0 Å². The lowest BCUT2D eigenvalue weighted by Crippen LogP contribution is -2.52. The molecule has 1 heterocycles. The first kappa shape index (κ1) is 16.2. The van der Waals surface area contributed by atoms with E-state index in [0.717, 1.165) is 29.6 Å². The molecule has 0 saturated carbocycles. The molecule has 1 atom stereocenters. The molecule has 1 aromatic carbocycles. The van der Waals surface area contributed by atoms with E-state index in [-0.39, 0.29) is 29.7 Å². The first-order chi connectivity index (χ1) is 9.87. The summed E-state index contributed by atoms with van der Waals surface area (Å²) in [5.74, 6) is -1.48. The van der Waals surface area contributed by atoms with Crippen molar-refractivity contribution in [3.8, 4) is 0 Å². The largest absolute Gasteiger partial charge is 0.468 e. The van der Waals surface area contributed by atoms with E-state index < -0.39 is 27.9 Å². The van der Waals surface area contributed by atoms with Crippen LogP contribution in [0.25, 0.3) is 0 Å². The fraction of sp³-hybridized carbons (Fsp3) is 0.417. The van der Waals surface area contributed by atoms with Crippen LogP contribution in [0.5, 0.6) is 0 Å². The summed E-state index contributed by atoms with van der Waals surface area (Å²) in [4.78, 5) is 11.3. The van der Waals surface area contributed by atoms with E-state index >= 15 is 0 Å². The molecule has 0 N–H and O–H groups in total. The number of methoxy groups -OCH3 is 1. The maximum Gasteiger partial charge on any atom is 0.326 e. The van der Waals surface area contributed by atoms with Gasteiger partial charge in [0.2, 0.25) is 10.0 Å². The lowest BCUT2D eigenvalue weighted by Gasteiger charge is -2.32. The molecule has 6 nitrogen and oxygen atoms in total. The second-order valence-electron chi connectivity index (χ2n) is 4.30. The maximum atomic E-state index is 13.3. The van der Waals surface area contributed by atoms with Gasteiger partial charge in [0.05, 0.1) is 25.3 Å². The zero-order chi connectivity index (χ0) is 15.6. The fourth-order valence-electron chi connectivity index (χ4n) is 2.00. The van der Waals surface area contributed by atoms with Crippen molar-refractivity contribution in [1.82, 2.24) is 4.31 Å². The molecule has 0 aliphatic carbocycles. The highest BCUT2D eigenvalue weighted by Crippen LogP contribution is 2.28. The summed E-state index contributed by atoms with van der Waals surface area (Å²) in [7, 11) is -2.99. The Morgan fingerprint density at radius 1 is 1.52 bits per heavy atom. The standard InChI is InChI=1S/C12H13ClFNO5S/c1-19-12(16)10-7-20-5-4-15(10)21(17,18)11-6-8(14)2-3-9(11)13/h2-3,6,10H,4-5,7H2,1H3. The van der Waals surface area contributed by atoms with E-state index in [1.54, 1.807) is 0 Å². The van der Waals surface area contributed by atoms with Crippen molar-refractivity contribution in [2.45, 2.75) is 10.9 Å². The molecule has 116 valence electrons. The predicted octanol–water partition coefficient (Wildman–Crippen LogP) is 1.04. The molecule has 21 heavy (non-hydrogen) atoms. The molecule has 1 fully saturated rings. The molecular formula is C12H13ClFNO5S. The Kier molecular flexibility index (Phi) is 4.82. The van der Waals surface area contributed by atoms with Gasteiger partial charge in [-0.15, -0.1) is 0 Å². The number of rotatable bonds is 3. The fourth-order valence-corrected chi connectivity index (χ4v) is 4.03. The van der Waals surface area contributed by atoms with E-state index in [0.29, 0.717) is 0 Å². The Hall–Kier alpha value is -1.22. The summed E-state index contributed by atoms with van der Waals surface area (Å²) >= 11 is 5.84. The van der Waals surface area contributed by atoms with Gasteiger partial charge in [-0.2, -0.15) is 4.31 Å². The number of hydrogen-bond donors (Lipinski definition) is 0. The quantitative estimate of drug-likeness (QED) is 0.771. The van der Waals surface area contributed by atoms with Crippen LogP contribution in [0.2, 0.25) is 5.02 Å². The van der Waals surface area contributed by atoms with Gasteiger partial charge in [0.25, 0.3) is 0 Å². The number of sulfonamides is 1. The number of hydrogen-bond acceptors (Lipinski definition) is 5. The number of carbonyl (C=O) groups is 1. The van der Waals surface area contributed by atoms with Gasteiger partial charge in [0.1, 0.15) is 16.8 Å². The minimum absolute atomic E-state index is 0.0467. The minimum Gasteiger partial charge on any atom is -0.468 e. The van der Waals surface area contributed by atoms with Crippen molar-refractivity contribution in [2.75, 3.05) is 26.9 Å². The molecule has 1 aromatic rings. The number of halogens is 2. The van der Waals surface area contributed by atoms with E-state index in [9.17, 15) is 17.6 Å². The number of nitrogens with zero attached hydrogens (tertiary/aromatic N) is 1. The first-order valence-corrected chi connectivity index (χ1v) is 7.82. The average molecular weight is 338 g/mol. The highest BCUT2D eigenvalue weighted by molar-refractivity contribution is 7.89. The van der Waals surface area contributed by atoms with E-state index in [1.807, 2.05) is 0 Å². The van der Waals surface area contributed by atoms with Crippen LogP contribution in [0.15, 0.2) is 23.1 Å². The van der Waals surface area contributed by atoms with Crippen LogP contribution in [-0.4, -0.2) is 51.6 Å². The molecule has 1 aliphatic heterocycles. The van der Waals surface area contributed by atoms with Crippen molar-refractivity contribution in [3.05, 3.63) is 29.0 Å². The van der Waals surface area contributed by atoms with Crippen LogP contribution in [-0.2, 0) is 24.3 Å². The summed E-state index contributed by atoms with van der Waals surface area (Å²) in [6, 6.07) is 1.91. The summed E-state index contributed by atoms with van der Waals surface area (Å²) in [5, 5.41) is -0.119. The zero-order valence-corrected chi connectivity index (χ0v) is 12.7. The topological polar surface area (TPSA) is 72.9 Å². The Balaban J connectivity index is 2.45. The molecule has 1 unspecified atom stereocenters. The Morgan fingerprint density at radius 3 is 2.90 bits per heavy atom. The van der Waals surface area contributed by atoms with E-state index in [1.165, 1.54) is 0 Å². The maximum absolute atomic E-state index is 13.3. The lowest BCUT2D eigenvalue weighted by atomic mass is 10.3. The third-order valence-electron chi connectivity index (χ3n) is 3.03. The van der Waals surface area contributed by atoms with Crippen molar-refractivity contribution >= 4 is 27.6 Å². The number of esters is 1. The van der Waals surface area contributed by atoms with Crippen molar-refractivity contribution in [1.29, 1.82) is 0 Å². The van der Waals surface area contributed by atoms with Crippen LogP contribution in [0, 0.1) is 5.82 Å². The van der Waals surface area contributed by atoms with Gasteiger partial charge in [-0.05, 0) is 18.2 Å². The van der Waals surface area contributed by atoms with Crippen molar-refractivity contribution in [2.24, 2.45) is 0 Å². The average Bonchev–Trinajstić information content (AvgIpc) is 2.48. The lowest BCUT2D eigenvalue weighted by molar-refractivity contribution is -0.149. The van der Waals surface area contributed by atoms with Crippen LogP contribution >= 0.6 is 11.6 Å². The first-order valence-electron chi connectivity index (χ1n) is 6.00. The van der Waals surface area contributed by atoms with Crippen LogP contribution in [0.4, 0.5) is 4.39 Å². The SMILES string of the molecule is COC(=O)C1COCCN1S(=O)(=O)c1cc(F)ccc1Cl. The Morgan fingerprint density at radius 2 is 2.24 bits per heavy atom. The Bertz CT molecular complexity index is 651. The van der Waals surface area contributed by atoms with E-state index in [2.05, 4.69) is 4.74 Å². The summed E-state index contributed by atoms with van der Waals surface area (Å²) in [5.41, 5.74) is 0. The van der Waals surface area contributed by atoms with Crippen LogP contribution in [0.1, 0.15) is 0 Å². The highest BCUT2D eigenvalue weighted by atomic mass is 35.5. The van der Waals surface area contributed by atoms with Gasteiger partial charge in [-0.1, -0.05) is 11.6 Å². The number of benzene rings is 1. The van der Waals surface area contributed by atoms with Gasteiger partial charge in [0, 0.05) is 6.54 Å². The number of carbonyl (C=O) groups excluding carboxylic acids is 1. The zero-order valence-electron chi connectivity index (χ0n) is 11.1. The molecule has 0 aromatic heterocycles. The van der Waals surface area contributed by atoms with Crippen LogP contribution < -0.4 is 0 Å². The smallest absolute Gasteiger partial charge is 0.326 e. The predicted molar refractivity (Wildman–Crippen MR) is 71.9 cm³/mol. The van der Waals surface area contributed by atoms with Gasteiger partial charge in [-0.3, -0.25) is 4.79 Å². The normalized spacial score (nSPS) is 20.2. The van der Waals surface area contributed by atoms with Gasteiger partial charge < -0.3 is 9.47 Å². The summed E-state index contributed by atoms with van der Waals surface area (Å²) in [6.07, 6.45) is 0.